The van der Waals surface area contributed by atoms with Crippen molar-refractivity contribution >= 4 is 23.2 Å². The number of benzene rings is 1. The summed E-state index contributed by atoms with van der Waals surface area (Å²) in [6, 6.07) is 5.46. The first-order valence-corrected chi connectivity index (χ1v) is 6.77. The van der Waals surface area contributed by atoms with Gasteiger partial charge in [-0.3, -0.25) is 4.79 Å². The molecule has 4 nitrogen and oxygen atoms in total. The fraction of sp³-hybridized carbons (Fsp3) is 0.500. The van der Waals surface area contributed by atoms with Crippen molar-refractivity contribution in [1.82, 2.24) is 5.32 Å². The number of rotatable bonds is 8. The summed E-state index contributed by atoms with van der Waals surface area (Å²) in [6.07, 6.45) is 1.39. The van der Waals surface area contributed by atoms with E-state index in [1.807, 2.05) is 19.1 Å². The largest absolute Gasteiger partial charge is 0.385 e. The number of methoxy groups -OCH3 is 1. The molecule has 2 N–H and O–H groups in total. The molecule has 0 saturated heterocycles. The highest BCUT2D eigenvalue weighted by molar-refractivity contribution is 6.31. The molecule has 1 aromatic rings. The number of aryl methyl sites for hydroxylation is 1. The normalized spacial score (nSPS) is 10.5. The van der Waals surface area contributed by atoms with E-state index < -0.39 is 0 Å². The van der Waals surface area contributed by atoms with Gasteiger partial charge in [0.25, 0.3) is 0 Å². The summed E-state index contributed by atoms with van der Waals surface area (Å²) in [5.74, 6) is -0.00962. The predicted molar refractivity (Wildman–Crippen MR) is 78.8 cm³/mol. The first-order chi connectivity index (χ1) is 9.13. The molecule has 1 aromatic carbocycles. The fourth-order valence-corrected chi connectivity index (χ4v) is 1.78. The molecule has 0 aliphatic carbocycles. The highest BCUT2D eigenvalue weighted by Crippen LogP contribution is 2.20. The van der Waals surface area contributed by atoms with Crippen LogP contribution in [0.3, 0.4) is 0 Å². The Balaban J connectivity index is 2.25. The number of carbonyl (C=O) groups is 1. The number of carbonyl (C=O) groups excluding carboxylic acids is 1. The average Bonchev–Trinajstić information content (AvgIpc) is 2.38. The molecular weight excluding hydrogens is 264 g/mol. The summed E-state index contributed by atoms with van der Waals surface area (Å²) in [6.45, 7) is 4.20. The van der Waals surface area contributed by atoms with Crippen molar-refractivity contribution < 1.29 is 9.53 Å². The third kappa shape index (κ3) is 6.57. The van der Waals surface area contributed by atoms with Crippen molar-refractivity contribution in [2.45, 2.75) is 19.8 Å². The van der Waals surface area contributed by atoms with Gasteiger partial charge in [-0.15, -0.1) is 0 Å². The Morgan fingerprint density at radius 3 is 2.89 bits per heavy atom. The number of ether oxygens (including phenoxy) is 1. The first kappa shape index (κ1) is 16.0. The number of anilines is 1. The molecule has 0 aliphatic rings. The van der Waals surface area contributed by atoms with Crippen molar-refractivity contribution in [2.75, 3.05) is 32.1 Å². The Morgan fingerprint density at radius 2 is 2.16 bits per heavy atom. The van der Waals surface area contributed by atoms with Gasteiger partial charge in [0.1, 0.15) is 0 Å². The van der Waals surface area contributed by atoms with Crippen molar-refractivity contribution in [3.8, 4) is 0 Å². The zero-order chi connectivity index (χ0) is 14.1. The summed E-state index contributed by atoms with van der Waals surface area (Å²) in [7, 11) is 1.68. The molecule has 0 radical (unpaired) electrons. The lowest BCUT2D eigenvalue weighted by atomic mass is 10.2. The minimum absolute atomic E-state index is 0.00962. The van der Waals surface area contributed by atoms with E-state index in [-0.39, 0.29) is 5.91 Å². The summed E-state index contributed by atoms with van der Waals surface area (Å²) in [5.41, 5.74) is 1.78. The van der Waals surface area contributed by atoms with E-state index >= 15 is 0 Å². The molecule has 0 bridgehead atoms. The minimum atomic E-state index is -0.00962. The lowest BCUT2D eigenvalue weighted by Gasteiger charge is -2.09. The lowest BCUT2D eigenvalue weighted by Crippen LogP contribution is -2.23. The van der Waals surface area contributed by atoms with E-state index in [0.29, 0.717) is 18.0 Å². The van der Waals surface area contributed by atoms with Gasteiger partial charge in [0.05, 0.1) is 0 Å². The van der Waals surface area contributed by atoms with Crippen LogP contribution < -0.4 is 10.6 Å². The van der Waals surface area contributed by atoms with Crippen LogP contribution in [-0.4, -0.2) is 32.7 Å². The quantitative estimate of drug-likeness (QED) is 0.722. The topological polar surface area (TPSA) is 50.4 Å². The molecule has 1 amide bonds. The highest BCUT2D eigenvalue weighted by atomic mass is 35.5. The Morgan fingerprint density at radius 1 is 1.37 bits per heavy atom. The van der Waals surface area contributed by atoms with Crippen LogP contribution in [0, 0.1) is 6.92 Å². The highest BCUT2D eigenvalue weighted by Gasteiger charge is 2.05. The third-order valence-electron chi connectivity index (χ3n) is 2.70. The average molecular weight is 285 g/mol. The molecule has 1 rings (SSSR count). The Kier molecular flexibility index (Phi) is 7.48. The van der Waals surface area contributed by atoms with Gasteiger partial charge in [0, 0.05) is 37.4 Å². The molecule has 0 fully saturated rings. The SMILES string of the molecule is COCCCNCCC(=O)Nc1cc(Cl)ccc1C. The van der Waals surface area contributed by atoms with Crippen LogP contribution in [0.25, 0.3) is 0 Å². The number of hydrogen-bond donors (Lipinski definition) is 2. The van der Waals surface area contributed by atoms with Crippen molar-refractivity contribution in [1.29, 1.82) is 0 Å². The van der Waals surface area contributed by atoms with E-state index in [9.17, 15) is 4.79 Å². The maximum Gasteiger partial charge on any atom is 0.225 e. The number of nitrogens with one attached hydrogen (secondary N) is 2. The summed E-state index contributed by atoms with van der Waals surface area (Å²) in [4.78, 5) is 11.7. The molecule has 0 aromatic heterocycles. The standard InChI is InChI=1S/C14H21ClN2O2/c1-11-4-5-12(15)10-13(11)17-14(18)6-8-16-7-3-9-19-2/h4-5,10,16H,3,6-9H2,1-2H3,(H,17,18). The van der Waals surface area contributed by atoms with E-state index in [4.69, 9.17) is 16.3 Å². The van der Waals surface area contributed by atoms with Crippen molar-refractivity contribution in [3.05, 3.63) is 28.8 Å². The van der Waals surface area contributed by atoms with Gasteiger partial charge in [0.15, 0.2) is 0 Å². The second-order valence-electron chi connectivity index (χ2n) is 4.35. The molecule has 0 heterocycles. The van der Waals surface area contributed by atoms with Gasteiger partial charge < -0.3 is 15.4 Å². The van der Waals surface area contributed by atoms with Crippen LogP contribution >= 0.6 is 11.6 Å². The predicted octanol–water partition coefficient (Wildman–Crippen LogP) is 2.60. The van der Waals surface area contributed by atoms with E-state index in [1.54, 1.807) is 13.2 Å². The van der Waals surface area contributed by atoms with Crippen LogP contribution in [0.4, 0.5) is 5.69 Å². The van der Waals surface area contributed by atoms with E-state index in [1.165, 1.54) is 0 Å². The zero-order valence-electron chi connectivity index (χ0n) is 11.5. The monoisotopic (exact) mass is 284 g/mol. The van der Waals surface area contributed by atoms with Gasteiger partial charge in [0.2, 0.25) is 5.91 Å². The fourth-order valence-electron chi connectivity index (χ4n) is 1.61. The maximum absolute atomic E-state index is 11.7. The summed E-state index contributed by atoms with van der Waals surface area (Å²) >= 11 is 5.90. The van der Waals surface area contributed by atoms with Gasteiger partial charge >= 0.3 is 0 Å². The Hall–Kier alpha value is -1.10. The van der Waals surface area contributed by atoms with E-state index in [0.717, 1.165) is 30.8 Å². The van der Waals surface area contributed by atoms with Crippen LogP contribution in [0.1, 0.15) is 18.4 Å². The van der Waals surface area contributed by atoms with Crippen LogP contribution in [0.5, 0.6) is 0 Å². The second kappa shape index (κ2) is 8.91. The molecule has 0 saturated carbocycles. The van der Waals surface area contributed by atoms with E-state index in [2.05, 4.69) is 10.6 Å². The summed E-state index contributed by atoms with van der Waals surface area (Å²) < 4.78 is 4.94. The molecule has 0 aliphatic heterocycles. The van der Waals surface area contributed by atoms with Crippen molar-refractivity contribution in [2.24, 2.45) is 0 Å². The molecule has 106 valence electrons. The van der Waals surface area contributed by atoms with Crippen LogP contribution in [0.15, 0.2) is 18.2 Å². The number of halogens is 1. The van der Waals surface area contributed by atoms with Gasteiger partial charge in [-0.1, -0.05) is 17.7 Å². The smallest absolute Gasteiger partial charge is 0.225 e. The Labute approximate surface area is 119 Å². The zero-order valence-corrected chi connectivity index (χ0v) is 12.2. The van der Waals surface area contributed by atoms with Crippen LogP contribution in [-0.2, 0) is 9.53 Å². The van der Waals surface area contributed by atoms with Gasteiger partial charge in [-0.2, -0.15) is 0 Å². The molecule has 5 heteroatoms. The first-order valence-electron chi connectivity index (χ1n) is 6.39. The molecule has 19 heavy (non-hydrogen) atoms. The molecular formula is C14H21ClN2O2. The van der Waals surface area contributed by atoms with Crippen LogP contribution in [0.2, 0.25) is 5.02 Å². The second-order valence-corrected chi connectivity index (χ2v) is 4.79. The summed E-state index contributed by atoms with van der Waals surface area (Å²) in [5, 5.41) is 6.68. The molecule has 0 atom stereocenters. The number of amides is 1. The lowest BCUT2D eigenvalue weighted by molar-refractivity contribution is -0.116. The minimum Gasteiger partial charge on any atom is -0.385 e. The maximum atomic E-state index is 11.7. The Bertz CT molecular complexity index is 410. The van der Waals surface area contributed by atoms with Crippen molar-refractivity contribution in [3.63, 3.8) is 0 Å². The molecule has 0 unspecified atom stereocenters. The number of hydrogen-bond acceptors (Lipinski definition) is 3. The van der Waals surface area contributed by atoms with Gasteiger partial charge in [-0.05, 0) is 37.6 Å². The van der Waals surface area contributed by atoms with Gasteiger partial charge in [-0.25, -0.2) is 0 Å². The third-order valence-corrected chi connectivity index (χ3v) is 2.94. The molecule has 0 spiro atoms.